The third-order valence-corrected chi connectivity index (χ3v) is 4.37. The van der Waals surface area contributed by atoms with Gasteiger partial charge < -0.3 is 5.32 Å². The van der Waals surface area contributed by atoms with Crippen molar-refractivity contribution in [1.29, 1.82) is 0 Å². The number of likely N-dealkylation sites (tertiary alicyclic amines) is 1. The highest BCUT2D eigenvalue weighted by atomic mass is 19.1. The summed E-state index contributed by atoms with van der Waals surface area (Å²) in [4.78, 5) is 14.6. The summed E-state index contributed by atoms with van der Waals surface area (Å²) in [6.07, 6.45) is 3.89. The van der Waals surface area contributed by atoms with Crippen LogP contribution in [0, 0.1) is 5.82 Å². The minimum Gasteiger partial charge on any atom is -0.326 e. The predicted octanol–water partition coefficient (Wildman–Crippen LogP) is 3.99. The third kappa shape index (κ3) is 4.65. The Hall–Kier alpha value is -2.20. The van der Waals surface area contributed by atoms with E-state index in [1.54, 1.807) is 18.2 Å². The standard InChI is InChI=1S/C20H23FN2O/c21-19-10-3-2-8-17(19)14-20(24)22-18-9-6-7-16(13-18)15-23-11-4-1-5-12-23/h2-3,6-10,13H,1,4-5,11-12,14-15H2,(H,22,24). The van der Waals surface area contributed by atoms with Gasteiger partial charge in [-0.1, -0.05) is 36.8 Å². The second kappa shape index (κ2) is 8.06. The molecule has 0 radical (unpaired) electrons. The SMILES string of the molecule is O=C(Cc1ccccc1F)Nc1cccc(CN2CCCCC2)c1. The predicted molar refractivity (Wildman–Crippen MR) is 94.3 cm³/mol. The smallest absolute Gasteiger partial charge is 0.228 e. The number of rotatable bonds is 5. The van der Waals surface area contributed by atoms with E-state index in [4.69, 9.17) is 0 Å². The summed E-state index contributed by atoms with van der Waals surface area (Å²) in [5, 5.41) is 2.87. The molecule has 1 heterocycles. The van der Waals surface area contributed by atoms with Gasteiger partial charge in [-0.15, -0.1) is 0 Å². The third-order valence-electron chi connectivity index (χ3n) is 4.37. The Morgan fingerprint density at radius 2 is 1.83 bits per heavy atom. The second-order valence-corrected chi connectivity index (χ2v) is 6.35. The largest absolute Gasteiger partial charge is 0.326 e. The summed E-state index contributed by atoms with van der Waals surface area (Å²) in [5.41, 5.74) is 2.38. The fraction of sp³-hybridized carbons (Fsp3) is 0.350. The van der Waals surface area contributed by atoms with Crippen LogP contribution < -0.4 is 5.32 Å². The highest BCUT2D eigenvalue weighted by molar-refractivity contribution is 5.92. The minimum absolute atomic E-state index is 0.0447. The first-order chi connectivity index (χ1) is 11.7. The Balaban J connectivity index is 1.59. The molecular formula is C20H23FN2O. The van der Waals surface area contributed by atoms with E-state index in [9.17, 15) is 9.18 Å². The molecule has 1 fully saturated rings. The Kier molecular flexibility index (Phi) is 5.59. The first kappa shape index (κ1) is 16.7. The summed E-state index contributed by atoms with van der Waals surface area (Å²) in [7, 11) is 0. The fourth-order valence-electron chi connectivity index (χ4n) is 3.14. The molecule has 2 aromatic rings. The van der Waals surface area contributed by atoms with Crippen LogP contribution in [0.5, 0.6) is 0 Å². The van der Waals surface area contributed by atoms with E-state index in [2.05, 4.69) is 16.3 Å². The molecule has 24 heavy (non-hydrogen) atoms. The summed E-state index contributed by atoms with van der Waals surface area (Å²) in [6, 6.07) is 14.3. The zero-order chi connectivity index (χ0) is 16.8. The van der Waals surface area contributed by atoms with Crippen LogP contribution in [0.4, 0.5) is 10.1 Å². The van der Waals surface area contributed by atoms with Gasteiger partial charge >= 0.3 is 0 Å². The van der Waals surface area contributed by atoms with Gasteiger partial charge in [0.15, 0.2) is 0 Å². The lowest BCUT2D eigenvalue weighted by atomic mass is 10.1. The molecule has 0 atom stereocenters. The summed E-state index contributed by atoms with van der Waals surface area (Å²) in [6.45, 7) is 3.20. The van der Waals surface area contributed by atoms with E-state index in [0.29, 0.717) is 5.56 Å². The maximum Gasteiger partial charge on any atom is 0.228 e. The molecule has 0 bridgehead atoms. The van der Waals surface area contributed by atoms with Crippen LogP contribution in [0.2, 0.25) is 0 Å². The summed E-state index contributed by atoms with van der Waals surface area (Å²) in [5.74, 6) is -0.540. The number of halogens is 1. The number of carbonyl (C=O) groups excluding carboxylic acids is 1. The van der Waals surface area contributed by atoms with Crippen molar-refractivity contribution < 1.29 is 9.18 Å². The average molecular weight is 326 g/mol. The monoisotopic (exact) mass is 326 g/mol. The topological polar surface area (TPSA) is 32.3 Å². The van der Waals surface area contributed by atoms with Crippen LogP contribution in [0.1, 0.15) is 30.4 Å². The van der Waals surface area contributed by atoms with Crippen molar-refractivity contribution in [2.24, 2.45) is 0 Å². The zero-order valence-electron chi connectivity index (χ0n) is 13.8. The van der Waals surface area contributed by atoms with Gasteiger partial charge in [0.1, 0.15) is 5.82 Å². The lowest BCUT2D eigenvalue weighted by Crippen LogP contribution is -2.29. The zero-order valence-corrected chi connectivity index (χ0v) is 13.8. The van der Waals surface area contributed by atoms with Crippen molar-refractivity contribution in [2.45, 2.75) is 32.2 Å². The second-order valence-electron chi connectivity index (χ2n) is 6.35. The average Bonchev–Trinajstić information content (AvgIpc) is 2.58. The molecule has 1 aliphatic heterocycles. The van der Waals surface area contributed by atoms with E-state index in [1.807, 2.05) is 18.2 Å². The fourth-order valence-corrected chi connectivity index (χ4v) is 3.14. The van der Waals surface area contributed by atoms with Crippen LogP contribution in [0.25, 0.3) is 0 Å². The van der Waals surface area contributed by atoms with Gasteiger partial charge in [0, 0.05) is 12.2 Å². The Bertz CT molecular complexity index is 696. The molecule has 1 N–H and O–H groups in total. The van der Waals surface area contributed by atoms with E-state index < -0.39 is 0 Å². The van der Waals surface area contributed by atoms with Crippen molar-refractivity contribution in [2.75, 3.05) is 18.4 Å². The van der Waals surface area contributed by atoms with Crippen molar-refractivity contribution in [1.82, 2.24) is 4.90 Å². The molecule has 0 unspecified atom stereocenters. The van der Waals surface area contributed by atoms with Crippen LogP contribution in [0.3, 0.4) is 0 Å². The van der Waals surface area contributed by atoms with Gasteiger partial charge in [0.25, 0.3) is 0 Å². The molecule has 4 heteroatoms. The molecule has 1 saturated heterocycles. The van der Waals surface area contributed by atoms with E-state index in [-0.39, 0.29) is 18.1 Å². The number of benzene rings is 2. The Morgan fingerprint density at radius 1 is 1.04 bits per heavy atom. The summed E-state index contributed by atoms with van der Waals surface area (Å²) >= 11 is 0. The molecule has 126 valence electrons. The highest BCUT2D eigenvalue weighted by Crippen LogP contribution is 2.17. The normalized spacial score (nSPS) is 15.2. The lowest BCUT2D eigenvalue weighted by Gasteiger charge is -2.26. The van der Waals surface area contributed by atoms with E-state index in [0.717, 1.165) is 25.3 Å². The van der Waals surface area contributed by atoms with Gasteiger partial charge in [0.05, 0.1) is 6.42 Å². The van der Waals surface area contributed by atoms with Crippen molar-refractivity contribution in [3.05, 3.63) is 65.5 Å². The van der Waals surface area contributed by atoms with Gasteiger partial charge in [-0.05, 0) is 55.3 Å². The maximum absolute atomic E-state index is 13.6. The Morgan fingerprint density at radius 3 is 2.62 bits per heavy atom. The van der Waals surface area contributed by atoms with E-state index in [1.165, 1.54) is 30.9 Å². The number of anilines is 1. The number of amides is 1. The van der Waals surface area contributed by atoms with Gasteiger partial charge in [-0.2, -0.15) is 0 Å². The number of hydrogen-bond donors (Lipinski definition) is 1. The molecule has 3 rings (SSSR count). The first-order valence-electron chi connectivity index (χ1n) is 8.55. The maximum atomic E-state index is 13.6. The first-order valence-corrected chi connectivity index (χ1v) is 8.55. The molecule has 0 saturated carbocycles. The minimum atomic E-state index is -0.341. The molecular weight excluding hydrogens is 303 g/mol. The van der Waals surface area contributed by atoms with Crippen molar-refractivity contribution in [3.8, 4) is 0 Å². The molecule has 0 aromatic heterocycles. The molecule has 1 aliphatic rings. The Labute approximate surface area is 142 Å². The molecule has 3 nitrogen and oxygen atoms in total. The van der Waals surface area contributed by atoms with Crippen LogP contribution in [-0.2, 0) is 17.8 Å². The lowest BCUT2D eigenvalue weighted by molar-refractivity contribution is -0.115. The number of nitrogens with one attached hydrogen (secondary N) is 1. The van der Waals surface area contributed by atoms with Crippen LogP contribution >= 0.6 is 0 Å². The number of piperidine rings is 1. The van der Waals surface area contributed by atoms with Crippen LogP contribution in [0.15, 0.2) is 48.5 Å². The van der Waals surface area contributed by atoms with Crippen LogP contribution in [-0.4, -0.2) is 23.9 Å². The number of hydrogen-bond acceptors (Lipinski definition) is 2. The number of carbonyl (C=O) groups is 1. The molecule has 2 aromatic carbocycles. The quantitative estimate of drug-likeness (QED) is 0.901. The van der Waals surface area contributed by atoms with Crippen molar-refractivity contribution >= 4 is 11.6 Å². The van der Waals surface area contributed by atoms with Gasteiger partial charge in [-0.25, -0.2) is 4.39 Å². The van der Waals surface area contributed by atoms with Crippen molar-refractivity contribution in [3.63, 3.8) is 0 Å². The van der Waals surface area contributed by atoms with E-state index >= 15 is 0 Å². The van der Waals surface area contributed by atoms with Gasteiger partial charge in [-0.3, -0.25) is 9.69 Å². The molecule has 1 amide bonds. The molecule has 0 spiro atoms. The highest BCUT2D eigenvalue weighted by Gasteiger charge is 2.11. The van der Waals surface area contributed by atoms with Gasteiger partial charge in [0.2, 0.25) is 5.91 Å². The summed E-state index contributed by atoms with van der Waals surface area (Å²) < 4.78 is 13.6. The number of nitrogens with zero attached hydrogens (tertiary/aromatic N) is 1. The molecule has 0 aliphatic carbocycles.